The molecule has 0 saturated heterocycles. The minimum absolute atomic E-state index is 0.0515. The van der Waals surface area contributed by atoms with E-state index < -0.39 is 23.1 Å². The van der Waals surface area contributed by atoms with Gasteiger partial charge in [0.25, 0.3) is 0 Å². The van der Waals surface area contributed by atoms with Gasteiger partial charge in [-0.1, -0.05) is 0 Å². The summed E-state index contributed by atoms with van der Waals surface area (Å²) in [5.74, 6) is -1.59. The molecule has 0 fully saturated rings. The molecule has 0 atom stereocenters. The fraction of sp³-hybridized carbons (Fsp3) is 0.0833. The van der Waals surface area contributed by atoms with E-state index in [1.807, 2.05) is 0 Å². The molecule has 0 saturated carbocycles. The molecule has 1 aromatic heterocycles. The van der Waals surface area contributed by atoms with E-state index in [1.165, 1.54) is 0 Å². The second kappa shape index (κ2) is 4.77. The van der Waals surface area contributed by atoms with Crippen molar-refractivity contribution >= 4 is 5.82 Å². The molecule has 0 spiro atoms. The van der Waals surface area contributed by atoms with Crippen molar-refractivity contribution in [2.75, 3.05) is 5.73 Å². The van der Waals surface area contributed by atoms with Crippen molar-refractivity contribution in [1.82, 2.24) is 9.97 Å². The van der Waals surface area contributed by atoms with Crippen LogP contribution in [0.5, 0.6) is 0 Å². The van der Waals surface area contributed by atoms with Crippen LogP contribution in [0, 0.1) is 17.1 Å². The summed E-state index contributed by atoms with van der Waals surface area (Å²) in [7, 11) is 0. The van der Waals surface area contributed by atoms with Gasteiger partial charge in [-0.25, -0.2) is 14.4 Å². The predicted octanol–water partition coefficient (Wildman–Crippen LogP) is 2.76. The smallest absolute Gasteiger partial charge is 0.382 e. The molecule has 4 nitrogen and oxygen atoms in total. The molecule has 0 aliphatic heterocycles. The van der Waals surface area contributed by atoms with Crippen LogP contribution in [-0.2, 0) is 6.18 Å². The van der Waals surface area contributed by atoms with Crippen molar-refractivity contribution in [3.8, 4) is 17.5 Å². The van der Waals surface area contributed by atoms with Crippen molar-refractivity contribution in [2.24, 2.45) is 0 Å². The van der Waals surface area contributed by atoms with Gasteiger partial charge in [0.2, 0.25) is 0 Å². The van der Waals surface area contributed by atoms with Gasteiger partial charge in [-0.05, 0) is 18.2 Å². The topological polar surface area (TPSA) is 75.6 Å². The second-order valence-corrected chi connectivity index (χ2v) is 3.79. The van der Waals surface area contributed by atoms with Gasteiger partial charge in [0, 0.05) is 5.56 Å². The first-order valence-corrected chi connectivity index (χ1v) is 5.22. The number of nitrogens with two attached hydrogens (primary N) is 1. The van der Waals surface area contributed by atoms with Gasteiger partial charge >= 0.3 is 6.18 Å². The zero-order valence-electron chi connectivity index (χ0n) is 9.74. The van der Waals surface area contributed by atoms with Crippen molar-refractivity contribution in [3.63, 3.8) is 0 Å². The molecule has 2 aromatic rings. The Bertz CT molecular complexity index is 704. The Hall–Kier alpha value is -2.69. The lowest BCUT2D eigenvalue weighted by molar-refractivity contribution is -0.137. The number of benzene rings is 1. The molecule has 2 rings (SSSR count). The average Bonchev–Trinajstić information content (AvgIpc) is 2.37. The molecule has 0 unspecified atom stereocenters. The Balaban J connectivity index is 2.65. The molecule has 8 heteroatoms. The lowest BCUT2D eigenvalue weighted by atomic mass is 10.1. The van der Waals surface area contributed by atoms with Crippen LogP contribution in [0.15, 0.2) is 24.4 Å². The Morgan fingerprint density at radius 2 is 1.95 bits per heavy atom. The monoisotopic (exact) mass is 282 g/mol. The Morgan fingerprint density at radius 3 is 2.50 bits per heavy atom. The zero-order valence-corrected chi connectivity index (χ0v) is 9.74. The number of alkyl halides is 3. The van der Waals surface area contributed by atoms with E-state index in [0.29, 0.717) is 6.07 Å². The van der Waals surface area contributed by atoms with Gasteiger partial charge in [-0.15, -0.1) is 0 Å². The van der Waals surface area contributed by atoms with E-state index >= 15 is 0 Å². The third-order valence-corrected chi connectivity index (χ3v) is 2.47. The minimum Gasteiger partial charge on any atom is -0.382 e. The summed E-state index contributed by atoms with van der Waals surface area (Å²) in [4.78, 5) is 7.29. The first kappa shape index (κ1) is 13.7. The number of halogens is 4. The SMILES string of the molecule is N#Cc1cnc(-c2ccc(F)cc2C(F)(F)F)nc1N. The molecule has 20 heavy (non-hydrogen) atoms. The van der Waals surface area contributed by atoms with E-state index in [0.717, 1.165) is 18.3 Å². The molecule has 0 radical (unpaired) electrons. The van der Waals surface area contributed by atoms with E-state index in [2.05, 4.69) is 9.97 Å². The van der Waals surface area contributed by atoms with Gasteiger partial charge in [-0.3, -0.25) is 0 Å². The summed E-state index contributed by atoms with van der Waals surface area (Å²) >= 11 is 0. The third-order valence-electron chi connectivity index (χ3n) is 2.47. The summed E-state index contributed by atoms with van der Waals surface area (Å²) < 4.78 is 51.5. The highest BCUT2D eigenvalue weighted by Crippen LogP contribution is 2.36. The molecule has 102 valence electrons. The van der Waals surface area contributed by atoms with Gasteiger partial charge in [0.05, 0.1) is 11.8 Å². The maximum atomic E-state index is 13.0. The minimum atomic E-state index is -4.76. The number of anilines is 1. The molecule has 0 aliphatic carbocycles. The van der Waals surface area contributed by atoms with Crippen molar-refractivity contribution in [1.29, 1.82) is 5.26 Å². The fourth-order valence-electron chi connectivity index (χ4n) is 1.56. The molecule has 1 heterocycles. The second-order valence-electron chi connectivity index (χ2n) is 3.79. The lowest BCUT2D eigenvalue weighted by Crippen LogP contribution is -2.09. The largest absolute Gasteiger partial charge is 0.417 e. The van der Waals surface area contributed by atoms with Crippen LogP contribution in [0.25, 0.3) is 11.4 Å². The van der Waals surface area contributed by atoms with E-state index in [1.54, 1.807) is 6.07 Å². The molecule has 0 amide bonds. The lowest BCUT2D eigenvalue weighted by Gasteiger charge is -2.12. The van der Waals surface area contributed by atoms with Crippen molar-refractivity contribution in [3.05, 3.63) is 41.3 Å². The number of aromatic nitrogens is 2. The zero-order chi connectivity index (χ0) is 14.9. The number of nitriles is 1. The highest BCUT2D eigenvalue weighted by molar-refractivity contribution is 5.63. The molecular formula is C12H6F4N4. The van der Waals surface area contributed by atoms with Crippen LogP contribution in [-0.4, -0.2) is 9.97 Å². The third kappa shape index (κ3) is 2.51. The fourth-order valence-corrected chi connectivity index (χ4v) is 1.56. The number of hydrogen-bond acceptors (Lipinski definition) is 4. The number of nitrogen functional groups attached to an aromatic ring is 1. The molecule has 0 bridgehead atoms. The highest BCUT2D eigenvalue weighted by atomic mass is 19.4. The normalized spacial score (nSPS) is 11.2. The maximum absolute atomic E-state index is 13.0. The molecular weight excluding hydrogens is 276 g/mol. The van der Waals surface area contributed by atoms with Gasteiger partial charge in [-0.2, -0.15) is 18.4 Å². The van der Waals surface area contributed by atoms with Gasteiger partial charge in [0.15, 0.2) is 5.82 Å². The summed E-state index contributed by atoms with van der Waals surface area (Å²) in [5, 5.41) is 8.66. The summed E-state index contributed by atoms with van der Waals surface area (Å²) in [5.41, 5.74) is 3.76. The quantitative estimate of drug-likeness (QED) is 0.816. The van der Waals surface area contributed by atoms with Crippen molar-refractivity contribution in [2.45, 2.75) is 6.18 Å². The van der Waals surface area contributed by atoms with Crippen LogP contribution in [0.3, 0.4) is 0 Å². The summed E-state index contributed by atoms with van der Waals surface area (Å²) in [6.07, 6.45) is -3.75. The summed E-state index contributed by atoms with van der Waals surface area (Å²) in [6.45, 7) is 0. The Morgan fingerprint density at radius 1 is 1.25 bits per heavy atom. The highest BCUT2D eigenvalue weighted by Gasteiger charge is 2.35. The van der Waals surface area contributed by atoms with E-state index in [4.69, 9.17) is 11.0 Å². The standard InChI is InChI=1S/C12H6F4N4/c13-7-1-2-8(9(3-7)12(14,15)16)11-19-5-6(4-17)10(18)20-11/h1-3,5H,(H2,18,19,20). The van der Waals surface area contributed by atoms with Crippen LogP contribution in [0.4, 0.5) is 23.4 Å². The Kier molecular flexibility index (Phi) is 3.28. The number of hydrogen-bond donors (Lipinski definition) is 1. The van der Waals surface area contributed by atoms with E-state index in [9.17, 15) is 17.6 Å². The number of nitrogens with zero attached hydrogens (tertiary/aromatic N) is 3. The number of rotatable bonds is 1. The van der Waals surface area contributed by atoms with Crippen LogP contribution in [0.1, 0.15) is 11.1 Å². The van der Waals surface area contributed by atoms with Crippen molar-refractivity contribution < 1.29 is 17.6 Å². The maximum Gasteiger partial charge on any atom is 0.417 e. The average molecular weight is 282 g/mol. The van der Waals surface area contributed by atoms with Gasteiger partial charge in [0.1, 0.15) is 23.3 Å². The van der Waals surface area contributed by atoms with Crippen LogP contribution < -0.4 is 5.73 Å². The first-order chi connectivity index (χ1) is 9.32. The van der Waals surface area contributed by atoms with Gasteiger partial charge < -0.3 is 5.73 Å². The summed E-state index contributed by atoms with van der Waals surface area (Å²) in [6, 6.07) is 3.83. The molecule has 2 N–H and O–H groups in total. The van der Waals surface area contributed by atoms with Crippen LogP contribution in [0.2, 0.25) is 0 Å². The predicted molar refractivity (Wildman–Crippen MR) is 61.6 cm³/mol. The first-order valence-electron chi connectivity index (χ1n) is 5.22. The van der Waals surface area contributed by atoms with Crippen LogP contribution >= 0.6 is 0 Å². The van der Waals surface area contributed by atoms with E-state index in [-0.39, 0.29) is 17.2 Å². The molecule has 0 aliphatic rings. The molecule has 1 aromatic carbocycles. The Labute approximate surface area is 110 Å².